The maximum absolute atomic E-state index is 12.2. The molecule has 0 aliphatic carbocycles. The molecule has 0 aromatic carbocycles. The van der Waals surface area contributed by atoms with Crippen LogP contribution in [0.3, 0.4) is 0 Å². The Balaban J connectivity index is 1.76. The number of hydrogen-bond acceptors (Lipinski definition) is 5. The van der Waals surface area contributed by atoms with Crippen molar-refractivity contribution in [3.05, 3.63) is 39.9 Å². The number of hydrogen-bond donors (Lipinski definition) is 2. The molecule has 1 amide bonds. The zero-order chi connectivity index (χ0) is 14.8. The molecular weight excluding hydrogens is 290 g/mol. The maximum atomic E-state index is 12.2. The summed E-state index contributed by atoms with van der Waals surface area (Å²) in [4.78, 5) is 28.9. The summed E-state index contributed by atoms with van der Waals surface area (Å²) in [6, 6.07) is 3.48. The first-order chi connectivity index (χ1) is 10.2. The maximum Gasteiger partial charge on any atom is 0.262 e. The quantitative estimate of drug-likeness (QED) is 0.761. The molecule has 3 aromatic rings. The summed E-state index contributed by atoms with van der Waals surface area (Å²) >= 11 is 1.40. The fraction of sp³-hybridized carbons (Fsp3) is 0.231. The lowest BCUT2D eigenvalue weighted by Crippen LogP contribution is -2.27. The summed E-state index contributed by atoms with van der Waals surface area (Å²) in [5.74, 6) is 0.136. The van der Waals surface area contributed by atoms with Gasteiger partial charge < -0.3 is 5.32 Å². The minimum absolute atomic E-state index is 0.0913. The lowest BCUT2D eigenvalue weighted by atomic mass is 10.3. The van der Waals surface area contributed by atoms with Crippen molar-refractivity contribution in [2.24, 2.45) is 0 Å². The van der Waals surface area contributed by atoms with E-state index in [0.29, 0.717) is 16.0 Å². The van der Waals surface area contributed by atoms with Crippen LogP contribution in [0.15, 0.2) is 28.6 Å². The predicted molar refractivity (Wildman–Crippen MR) is 80.5 cm³/mol. The molecule has 0 atom stereocenters. The Morgan fingerprint density at radius 1 is 1.52 bits per heavy atom. The van der Waals surface area contributed by atoms with Crippen LogP contribution in [0.25, 0.3) is 10.2 Å². The van der Waals surface area contributed by atoms with Crippen molar-refractivity contribution in [3.63, 3.8) is 0 Å². The Morgan fingerprint density at radius 2 is 2.38 bits per heavy atom. The van der Waals surface area contributed by atoms with Gasteiger partial charge in [0.2, 0.25) is 5.91 Å². The van der Waals surface area contributed by atoms with Crippen molar-refractivity contribution in [1.29, 1.82) is 0 Å². The van der Waals surface area contributed by atoms with Crippen LogP contribution >= 0.6 is 11.3 Å². The van der Waals surface area contributed by atoms with E-state index < -0.39 is 0 Å². The van der Waals surface area contributed by atoms with E-state index >= 15 is 0 Å². The fourth-order valence-corrected chi connectivity index (χ4v) is 2.67. The van der Waals surface area contributed by atoms with Crippen molar-refractivity contribution in [3.8, 4) is 0 Å². The normalized spacial score (nSPS) is 10.9. The Morgan fingerprint density at radius 3 is 3.14 bits per heavy atom. The zero-order valence-corrected chi connectivity index (χ0v) is 12.1. The molecule has 3 rings (SSSR count). The molecule has 0 saturated carbocycles. The van der Waals surface area contributed by atoms with Crippen LogP contribution in [-0.2, 0) is 17.8 Å². The van der Waals surface area contributed by atoms with Crippen molar-refractivity contribution >= 4 is 33.3 Å². The van der Waals surface area contributed by atoms with Crippen LogP contribution in [0.4, 0.5) is 5.82 Å². The van der Waals surface area contributed by atoms with E-state index in [0.717, 1.165) is 12.1 Å². The number of fused-ring (bicyclic) bond motifs is 1. The number of anilines is 1. The summed E-state index contributed by atoms with van der Waals surface area (Å²) in [6.45, 7) is 1.90. The highest BCUT2D eigenvalue weighted by atomic mass is 32.1. The van der Waals surface area contributed by atoms with Crippen molar-refractivity contribution in [1.82, 2.24) is 19.7 Å². The number of carbonyl (C=O) groups is 1. The first kappa shape index (κ1) is 13.5. The van der Waals surface area contributed by atoms with Crippen LogP contribution in [0, 0.1) is 0 Å². The van der Waals surface area contributed by atoms with Gasteiger partial charge in [0.1, 0.15) is 11.4 Å². The summed E-state index contributed by atoms with van der Waals surface area (Å²) in [5, 5.41) is 11.8. The van der Waals surface area contributed by atoms with Gasteiger partial charge in [-0.2, -0.15) is 5.10 Å². The molecule has 0 unspecified atom stereocenters. The molecule has 2 N–H and O–H groups in total. The minimum atomic E-state index is -0.317. The van der Waals surface area contributed by atoms with E-state index in [9.17, 15) is 9.59 Å². The first-order valence-corrected chi connectivity index (χ1v) is 7.32. The molecule has 0 saturated heterocycles. The van der Waals surface area contributed by atoms with E-state index in [4.69, 9.17) is 0 Å². The number of aryl methyl sites for hydroxylation is 1. The third kappa shape index (κ3) is 2.70. The van der Waals surface area contributed by atoms with Crippen LogP contribution < -0.4 is 10.9 Å². The molecule has 3 aromatic heterocycles. The Kier molecular flexibility index (Phi) is 3.53. The standard InChI is InChI=1S/C13H13N5O2S/c1-2-8-5-10(17-16-8)15-11(19)6-18-7-14-12-9(13(18)20)3-4-21-12/h3-5,7H,2,6H2,1H3,(H2,15,16,17,19). The van der Waals surface area contributed by atoms with Gasteiger partial charge >= 0.3 is 0 Å². The third-order valence-electron chi connectivity index (χ3n) is 3.04. The lowest BCUT2D eigenvalue weighted by molar-refractivity contribution is -0.116. The second-order valence-electron chi connectivity index (χ2n) is 4.50. The molecular formula is C13H13N5O2S. The van der Waals surface area contributed by atoms with Gasteiger partial charge in [0, 0.05) is 11.8 Å². The third-order valence-corrected chi connectivity index (χ3v) is 3.86. The van der Waals surface area contributed by atoms with E-state index in [-0.39, 0.29) is 18.0 Å². The number of amides is 1. The average molecular weight is 303 g/mol. The number of H-pyrrole nitrogens is 1. The molecule has 0 aliphatic heterocycles. The fourth-order valence-electron chi connectivity index (χ4n) is 1.95. The van der Waals surface area contributed by atoms with E-state index in [1.165, 1.54) is 22.2 Å². The summed E-state index contributed by atoms with van der Waals surface area (Å²) < 4.78 is 1.29. The largest absolute Gasteiger partial charge is 0.308 e. The summed E-state index contributed by atoms with van der Waals surface area (Å²) in [6.07, 6.45) is 2.20. The van der Waals surface area contributed by atoms with Gasteiger partial charge in [-0.25, -0.2) is 4.98 Å². The van der Waals surface area contributed by atoms with Crippen molar-refractivity contribution < 1.29 is 4.79 Å². The van der Waals surface area contributed by atoms with Gasteiger partial charge in [-0.1, -0.05) is 6.92 Å². The van der Waals surface area contributed by atoms with E-state index in [1.54, 1.807) is 17.5 Å². The highest BCUT2D eigenvalue weighted by Gasteiger charge is 2.10. The van der Waals surface area contributed by atoms with Gasteiger partial charge in [0.05, 0.1) is 11.7 Å². The topological polar surface area (TPSA) is 92.7 Å². The van der Waals surface area contributed by atoms with Gasteiger partial charge in [-0.3, -0.25) is 19.3 Å². The molecule has 108 valence electrons. The zero-order valence-electron chi connectivity index (χ0n) is 11.3. The van der Waals surface area contributed by atoms with Gasteiger partial charge in [-0.05, 0) is 17.9 Å². The summed E-state index contributed by atoms with van der Waals surface area (Å²) in [7, 11) is 0. The first-order valence-electron chi connectivity index (χ1n) is 6.44. The van der Waals surface area contributed by atoms with E-state index in [1.807, 2.05) is 6.92 Å². The van der Waals surface area contributed by atoms with Gasteiger partial charge in [-0.15, -0.1) is 11.3 Å². The Bertz CT molecular complexity index is 847. The molecule has 0 fully saturated rings. The lowest BCUT2D eigenvalue weighted by Gasteiger charge is -2.04. The summed E-state index contributed by atoms with van der Waals surface area (Å²) in [5.41, 5.74) is 0.719. The molecule has 0 spiro atoms. The Labute approximate surface area is 123 Å². The number of nitrogens with one attached hydrogen (secondary N) is 2. The number of aromatic amines is 1. The molecule has 0 radical (unpaired) electrons. The number of nitrogens with zero attached hydrogens (tertiary/aromatic N) is 3. The molecule has 0 aliphatic rings. The smallest absolute Gasteiger partial charge is 0.262 e. The number of rotatable bonds is 4. The van der Waals surface area contributed by atoms with Crippen LogP contribution in [0.5, 0.6) is 0 Å². The van der Waals surface area contributed by atoms with Crippen LogP contribution in [0.2, 0.25) is 0 Å². The number of carbonyl (C=O) groups excluding carboxylic acids is 1. The monoisotopic (exact) mass is 303 g/mol. The van der Waals surface area contributed by atoms with E-state index in [2.05, 4.69) is 20.5 Å². The van der Waals surface area contributed by atoms with Crippen LogP contribution in [0.1, 0.15) is 12.6 Å². The number of aromatic nitrogens is 4. The number of thiophene rings is 1. The minimum Gasteiger partial charge on any atom is -0.308 e. The van der Waals surface area contributed by atoms with Gasteiger partial charge in [0.25, 0.3) is 5.56 Å². The average Bonchev–Trinajstić information content (AvgIpc) is 3.10. The van der Waals surface area contributed by atoms with Gasteiger partial charge in [0.15, 0.2) is 5.82 Å². The molecule has 21 heavy (non-hydrogen) atoms. The molecule has 3 heterocycles. The molecule has 0 bridgehead atoms. The predicted octanol–water partition coefficient (Wildman–Crippen LogP) is 1.38. The Hall–Kier alpha value is -2.48. The second kappa shape index (κ2) is 5.49. The highest BCUT2D eigenvalue weighted by molar-refractivity contribution is 7.16. The molecule has 7 nitrogen and oxygen atoms in total. The van der Waals surface area contributed by atoms with Crippen molar-refractivity contribution in [2.45, 2.75) is 19.9 Å². The highest BCUT2D eigenvalue weighted by Crippen LogP contribution is 2.13. The second-order valence-corrected chi connectivity index (χ2v) is 5.39. The SMILES string of the molecule is CCc1cc(NC(=O)Cn2cnc3sccc3c2=O)n[nH]1. The molecule has 8 heteroatoms. The van der Waals surface area contributed by atoms with Crippen molar-refractivity contribution in [2.75, 3.05) is 5.32 Å². The van der Waals surface area contributed by atoms with Crippen LogP contribution in [-0.4, -0.2) is 25.7 Å².